The number of nitriles is 1. The van der Waals surface area contributed by atoms with E-state index in [0.717, 1.165) is 82.1 Å². The maximum Gasteiger partial charge on any atom is 0.291 e. The lowest BCUT2D eigenvalue weighted by atomic mass is 9.81. The summed E-state index contributed by atoms with van der Waals surface area (Å²) < 4.78 is 17.3. The first kappa shape index (κ1) is 31.5. The fraction of sp³-hybridized carbons (Fsp3) is 0.594. The van der Waals surface area contributed by atoms with Crippen LogP contribution in [-0.4, -0.2) is 55.5 Å². The third-order valence-electron chi connectivity index (χ3n) is 7.61. The lowest BCUT2D eigenvalue weighted by Crippen LogP contribution is -2.35. The summed E-state index contributed by atoms with van der Waals surface area (Å²) in [6.07, 6.45) is 13.7. The van der Waals surface area contributed by atoms with Gasteiger partial charge in [-0.1, -0.05) is 38.8 Å². The molecule has 0 aliphatic carbocycles. The van der Waals surface area contributed by atoms with Crippen molar-refractivity contribution in [3.63, 3.8) is 0 Å². The van der Waals surface area contributed by atoms with E-state index in [9.17, 15) is 4.79 Å². The van der Waals surface area contributed by atoms with E-state index in [2.05, 4.69) is 47.3 Å². The molecule has 1 aliphatic rings. The molecule has 2 aromatic rings. The van der Waals surface area contributed by atoms with Crippen molar-refractivity contribution >= 4 is 17.2 Å². The molecule has 8 heteroatoms. The van der Waals surface area contributed by atoms with E-state index in [0.29, 0.717) is 13.2 Å². The lowest BCUT2D eigenvalue weighted by molar-refractivity contribution is -0.0612. The Labute approximate surface area is 239 Å². The second-order valence-electron chi connectivity index (χ2n) is 10.7. The molecule has 40 heavy (non-hydrogen) atoms. The van der Waals surface area contributed by atoms with Crippen LogP contribution in [0.15, 0.2) is 30.5 Å². The molecule has 2 N–H and O–H groups in total. The van der Waals surface area contributed by atoms with Gasteiger partial charge >= 0.3 is 0 Å². The minimum absolute atomic E-state index is 0.122. The molecule has 1 fully saturated rings. The van der Waals surface area contributed by atoms with Gasteiger partial charge in [0, 0.05) is 38.7 Å². The van der Waals surface area contributed by atoms with Gasteiger partial charge in [0.1, 0.15) is 11.8 Å². The van der Waals surface area contributed by atoms with E-state index in [1.54, 1.807) is 14.2 Å². The monoisotopic (exact) mass is 550 g/mol. The highest BCUT2D eigenvalue weighted by molar-refractivity contribution is 6.03. The highest BCUT2D eigenvalue weighted by atomic mass is 16.5. The van der Waals surface area contributed by atoms with Crippen molar-refractivity contribution in [3.05, 3.63) is 53.1 Å². The van der Waals surface area contributed by atoms with Crippen molar-refractivity contribution in [2.75, 3.05) is 39.4 Å². The summed E-state index contributed by atoms with van der Waals surface area (Å²) >= 11 is 0. The summed E-state index contributed by atoms with van der Waals surface area (Å²) in [5, 5.41) is 12.2. The van der Waals surface area contributed by atoms with Gasteiger partial charge in [0.25, 0.3) is 5.91 Å². The van der Waals surface area contributed by atoms with E-state index in [4.69, 9.17) is 19.5 Å². The first-order valence-electron chi connectivity index (χ1n) is 14.7. The molecule has 1 saturated heterocycles. The number of imidazole rings is 1. The zero-order valence-electron chi connectivity index (χ0n) is 24.7. The molecule has 0 radical (unpaired) electrons. The molecule has 1 aliphatic heterocycles. The van der Waals surface area contributed by atoms with Crippen LogP contribution < -0.4 is 5.32 Å². The molecule has 1 aromatic carbocycles. The Kier molecular flexibility index (Phi) is 12.9. The maximum absolute atomic E-state index is 13.1. The number of aromatic nitrogens is 2. The summed E-state index contributed by atoms with van der Waals surface area (Å²) in [5.41, 5.74) is 4.26. The third kappa shape index (κ3) is 8.76. The summed E-state index contributed by atoms with van der Waals surface area (Å²) in [6.45, 7) is 6.44. The Hall–Kier alpha value is -2.99. The van der Waals surface area contributed by atoms with Crippen molar-refractivity contribution in [1.29, 1.82) is 5.26 Å². The number of methoxy groups -OCH3 is 2. The van der Waals surface area contributed by atoms with Gasteiger partial charge in [-0.3, -0.25) is 4.79 Å². The van der Waals surface area contributed by atoms with Crippen LogP contribution in [0.2, 0.25) is 0 Å². The number of ether oxygens (including phenoxy) is 3. The van der Waals surface area contributed by atoms with Crippen molar-refractivity contribution in [2.24, 2.45) is 0 Å². The number of unbranched alkanes of at least 4 members (excludes halogenated alkanes) is 2. The highest BCUT2D eigenvalue weighted by Gasteiger charge is 2.38. The molecule has 2 heterocycles. The fourth-order valence-corrected chi connectivity index (χ4v) is 5.56. The van der Waals surface area contributed by atoms with E-state index < -0.39 is 0 Å². The standard InChI is InChI=1S/C32H46N4O4/c1-5-7-11-24(12-8-6-2)28-19-25(14-15-29(28)36-31(37)30-34-22-27(21-33)35-30)26(13-9-17-38-3)20-32(23-39-4)16-10-18-40-32/h11,14-15,19,22,26H,5-10,12-13,16-18,20,23H2,1-4H3,(H,34,35)(H,36,37)/b24-11+/t26-,32-/m1/s1. The number of benzene rings is 1. The quantitative estimate of drug-likeness (QED) is 0.205. The van der Waals surface area contributed by atoms with Gasteiger partial charge in [0.05, 0.1) is 18.4 Å². The van der Waals surface area contributed by atoms with Gasteiger partial charge in [0.2, 0.25) is 0 Å². The molecule has 1 aromatic heterocycles. The zero-order chi connectivity index (χ0) is 28.8. The summed E-state index contributed by atoms with van der Waals surface area (Å²) in [5.74, 6) is 0.0150. The lowest BCUT2D eigenvalue weighted by Gasteiger charge is -2.32. The summed E-state index contributed by atoms with van der Waals surface area (Å²) in [7, 11) is 3.49. The van der Waals surface area contributed by atoms with Crippen molar-refractivity contribution in [1.82, 2.24) is 9.97 Å². The largest absolute Gasteiger partial charge is 0.385 e. The number of amides is 1. The molecule has 8 nitrogen and oxygen atoms in total. The molecular weight excluding hydrogens is 504 g/mol. The first-order chi connectivity index (χ1) is 19.5. The van der Waals surface area contributed by atoms with Crippen molar-refractivity contribution in [2.45, 2.75) is 89.6 Å². The van der Waals surface area contributed by atoms with Gasteiger partial charge in [-0.05, 0) is 80.6 Å². The molecule has 218 valence electrons. The molecular formula is C32H46N4O4. The average molecular weight is 551 g/mol. The van der Waals surface area contributed by atoms with Crippen LogP contribution in [0.25, 0.3) is 5.57 Å². The maximum atomic E-state index is 13.1. The number of allylic oxidation sites excluding steroid dienone is 2. The van der Waals surface area contributed by atoms with Crippen molar-refractivity contribution < 1.29 is 19.0 Å². The number of hydrogen-bond acceptors (Lipinski definition) is 6. The smallest absolute Gasteiger partial charge is 0.291 e. The molecule has 3 rings (SSSR count). The first-order valence-corrected chi connectivity index (χ1v) is 14.7. The fourth-order valence-electron chi connectivity index (χ4n) is 5.56. The number of nitrogens with one attached hydrogen (secondary N) is 2. The van der Waals surface area contributed by atoms with Gasteiger partial charge < -0.3 is 24.5 Å². The normalized spacial score (nSPS) is 18.0. The minimum atomic E-state index is -0.365. The van der Waals surface area contributed by atoms with E-state index in [1.807, 2.05) is 12.1 Å². The van der Waals surface area contributed by atoms with Crippen LogP contribution in [-0.2, 0) is 14.2 Å². The average Bonchev–Trinajstić information content (AvgIpc) is 3.64. The predicted octanol–water partition coefficient (Wildman–Crippen LogP) is 7.00. The Balaban J connectivity index is 2.02. The molecule has 0 bridgehead atoms. The number of aromatic amines is 1. The number of H-pyrrole nitrogens is 1. The second kappa shape index (κ2) is 16.3. The van der Waals surface area contributed by atoms with Gasteiger partial charge in [-0.15, -0.1) is 0 Å². The molecule has 0 saturated carbocycles. The Morgan fingerprint density at radius 3 is 2.77 bits per heavy atom. The third-order valence-corrected chi connectivity index (χ3v) is 7.61. The summed E-state index contributed by atoms with van der Waals surface area (Å²) in [6, 6.07) is 8.40. The van der Waals surface area contributed by atoms with Crippen LogP contribution in [0.3, 0.4) is 0 Å². The van der Waals surface area contributed by atoms with Gasteiger partial charge in [-0.2, -0.15) is 5.26 Å². The Bertz CT molecular complexity index is 1140. The number of carbonyl (C=O) groups excluding carboxylic acids is 1. The number of nitrogens with zero attached hydrogens (tertiary/aromatic N) is 2. The molecule has 1 amide bonds. The number of anilines is 1. The molecule has 0 spiro atoms. The minimum Gasteiger partial charge on any atom is -0.385 e. The van der Waals surface area contributed by atoms with Crippen LogP contribution >= 0.6 is 0 Å². The number of rotatable bonds is 17. The van der Waals surface area contributed by atoms with E-state index in [-0.39, 0.29) is 28.9 Å². The zero-order valence-corrected chi connectivity index (χ0v) is 24.7. The Morgan fingerprint density at radius 1 is 1.27 bits per heavy atom. The van der Waals surface area contributed by atoms with Crippen LogP contribution in [0.4, 0.5) is 5.69 Å². The van der Waals surface area contributed by atoms with E-state index >= 15 is 0 Å². The molecule has 0 unspecified atom stereocenters. The van der Waals surface area contributed by atoms with Crippen LogP contribution in [0.5, 0.6) is 0 Å². The van der Waals surface area contributed by atoms with Crippen molar-refractivity contribution in [3.8, 4) is 6.07 Å². The topological polar surface area (TPSA) is 109 Å². The summed E-state index contributed by atoms with van der Waals surface area (Å²) in [4.78, 5) is 20.0. The SMILES string of the molecule is CCC/C=C(\CCCC)c1cc([C@H](CCCOC)C[C@@]2(COC)CCCO2)ccc1NC(=O)c1ncc(C#N)[nH]1. The predicted molar refractivity (Wildman–Crippen MR) is 158 cm³/mol. The number of hydrogen-bond donors (Lipinski definition) is 2. The second-order valence-corrected chi connectivity index (χ2v) is 10.7. The molecule has 2 atom stereocenters. The van der Waals surface area contributed by atoms with Gasteiger partial charge in [-0.25, -0.2) is 4.98 Å². The van der Waals surface area contributed by atoms with Gasteiger partial charge in [0.15, 0.2) is 5.82 Å². The van der Waals surface area contributed by atoms with E-state index in [1.165, 1.54) is 17.3 Å². The number of carbonyl (C=O) groups is 1. The van der Waals surface area contributed by atoms with Crippen LogP contribution in [0, 0.1) is 11.3 Å². The van der Waals surface area contributed by atoms with Crippen LogP contribution in [0.1, 0.15) is 111 Å². The highest BCUT2D eigenvalue weighted by Crippen LogP contribution is 2.40. The Morgan fingerprint density at radius 2 is 2.12 bits per heavy atom.